The Labute approximate surface area is 54.9 Å². The molecule has 0 atom stereocenters. The van der Waals surface area contributed by atoms with Crippen LogP contribution in [0.4, 0.5) is 15.9 Å². The molecule has 0 saturated heterocycles. The molecular weight excluding hydrogens is 139 g/mol. The second-order valence-electron chi connectivity index (χ2n) is 1.66. The molecule has 1 rings (SSSR count). The third-order valence-corrected chi connectivity index (χ3v) is 0.956. The number of anilines is 2. The van der Waals surface area contributed by atoms with Crippen LogP contribution in [-0.2, 0) is 0 Å². The molecule has 0 radical (unpaired) electrons. The summed E-state index contributed by atoms with van der Waals surface area (Å²) < 4.78 is 12.1. The van der Waals surface area contributed by atoms with Gasteiger partial charge < -0.3 is 11.5 Å². The molecule has 1 aromatic rings. The van der Waals surface area contributed by atoms with Gasteiger partial charge in [0.15, 0.2) is 5.82 Å². The minimum atomic E-state index is -1.03. The van der Waals surface area contributed by atoms with Crippen molar-refractivity contribution in [2.75, 3.05) is 11.5 Å². The van der Waals surface area contributed by atoms with E-state index in [4.69, 9.17) is 11.5 Å². The van der Waals surface area contributed by atoms with Crippen LogP contribution < -0.4 is 17.0 Å². The summed E-state index contributed by atoms with van der Waals surface area (Å²) in [4.78, 5) is 15.3. The second kappa shape index (κ2) is 1.98. The molecule has 0 aromatic carbocycles. The highest BCUT2D eigenvalue weighted by Crippen LogP contribution is 2.01. The molecule has 5 nitrogen and oxygen atoms in total. The lowest BCUT2D eigenvalue weighted by Gasteiger charge is -1.94. The van der Waals surface area contributed by atoms with Crippen LogP contribution in [0.1, 0.15) is 0 Å². The van der Waals surface area contributed by atoms with E-state index in [1.807, 2.05) is 0 Å². The number of H-pyrrole nitrogens is 1. The maximum absolute atomic E-state index is 12.1. The zero-order chi connectivity index (χ0) is 7.72. The van der Waals surface area contributed by atoms with Gasteiger partial charge in [-0.05, 0) is 0 Å². The number of rotatable bonds is 0. The van der Waals surface area contributed by atoms with E-state index in [0.717, 1.165) is 0 Å². The van der Waals surface area contributed by atoms with E-state index in [1.54, 1.807) is 4.98 Å². The number of nitrogens with two attached hydrogens (primary N) is 2. The number of aromatic amines is 1. The van der Waals surface area contributed by atoms with E-state index < -0.39 is 11.6 Å². The van der Waals surface area contributed by atoms with E-state index in [0.29, 0.717) is 0 Å². The molecule has 0 aliphatic carbocycles. The fraction of sp³-hybridized carbons (Fsp3) is 0. The lowest BCUT2D eigenvalue weighted by atomic mass is 10.5. The van der Waals surface area contributed by atoms with Crippen LogP contribution in [0.3, 0.4) is 0 Å². The van der Waals surface area contributed by atoms with E-state index >= 15 is 0 Å². The van der Waals surface area contributed by atoms with E-state index in [-0.39, 0.29) is 11.5 Å². The number of nitrogens with zero attached hydrogens (tertiary/aromatic N) is 1. The standard InChI is InChI=1S/C4H5FN4O/c5-4-8-2(7)1(6)3(10)9-4/h6H2,(H3,7,8,9,10). The molecular formula is C4H5FN4O. The second-order valence-corrected chi connectivity index (χ2v) is 1.66. The van der Waals surface area contributed by atoms with Gasteiger partial charge in [0.05, 0.1) is 0 Å². The van der Waals surface area contributed by atoms with Crippen molar-refractivity contribution in [2.24, 2.45) is 0 Å². The number of hydrogen-bond donors (Lipinski definition) is 3. The zero-order valence-corrected chi connectivity index (χ0v) is 4.89. The van der Waals surface area contributed by atoms with Gasteiger partial charge in [-0.15, -0.1) is 0 Å². The monoisotopic (exact) mass is 144 g/mol. The predicted octanol–water partition coefficient (Wildman–Crippen LogP) is -0.927. The zero-order valence-electron chi connectivity index (χ0n) is 4.89. The summed E-state index contributed by atoms with van der Waals surface area (Å²) in [5, 5.41) is 0. The van der Waals surface area contributed by atoms with Crippen LogP contribution >= 0.6 is 0 Å². The molecule has 5 N–H and O–H groups in total. The lowest BCUT2D eigenvalue weighted by molar-refractivity contribution is 0.537. The minimum Gasteiger partial charge on any atom is -0.391 e. The number of nitrogen functional groups attached to an aromatic ring is 2. The molecule has 0 aliphatic rings. The Hall–Kier alpha value is -1.59. The van der Waals surface area contributed by atoms with Gasteiger partial charge in [0, 0.05) is 0 Å². The average Bonchev–Trinajstić information content (AvgIpc) is 1.82. The van der Waals surface area contributed by atoms with Gasteiger partial charge in [0.2, 0.25) is 0 Å². The maximum Gasteiger partial charge on any atom is 0.291 e. The van der Waals surface area contributed by atoms with Crippen molar-refractivity contribution in [3.8, 4) is 0 Å². The Morgan fingerprint density at radius 1 is 1.50 bits per heavy atom. The topological polar surface area (TPSA) is 97.8 Å². The molecule has 0 amide bonds. The molecule has 6 heteroatoms. The van der Waals surface area contributed by atoms with Crippen molar-refractivity contribution < 1.29 is 4.39 Å². The predicted molar refractivity (Wildman–Crippen MR) is 33.6 cm³/mol. The van der Waals surface area contributed by atoms with Gasteiger partial charge in [0.1, 0.15) is 5.69 Å². The maximum atomic E-state index is 12.1. The van der Waals surface area contributed by atoms with Crippen molar-refractivity contribution in [3.63, 3.8) is 0 Å². The molecule has 0 spiro atoms. The van der Waals surface area contributed by atoms with Gasteiger partial charge in [0.25, 0.3) is 11.6 Å². The summed E-state index contributed by atoms with van der Waals surface area (Å²) in [5.41, 5.74) is 9.06. The lowest BCUT2D eigenvalue weighted by Crippen LogP contribution is -2.17. The highest BCUT2D eigenvalue weighted by Gasteiger charge is 2.02. The first-order valence-electron chi connectivity index (χ1n) is 2.42. The van der Waals surface area contributed by atoms with Crippen LogP contribution in [0.2, 0.25) is 0 Å². The largest absolute Gasteiger partial charge is 0.391 e. The molecule has 0 saturated carbocycles. The number of nitrogens with one attached hydrogen (secondary N) is 1. The van der Waals surface area contributed by atoms with Crippen LogP contribution in [0.25, 0.3) is 0 Å². The Bertz CT molecular complexity index is 307. The average molecular weight is 144 g/mol. The van der Waals surface area contributed by atoms with Crippen molar-refractivity contribution in [1.29, 1.82) is 0 Å². The van der Waals surface area contributed by atoms with Gasteiger partial charge in [-0.2, -0.15) is 9.37 Å². The summed E-state index contributed by atoms with van der Waals surface area (Å²) in [6.45, 7) is 0. The summed E-state index contributed by atoms with van der Waals surface area (Å²) in [7, 11) is 0. The number of hydrogen-bond acceptors (Lipinski definition) is 4. The fourth-order valence-electron chi connectivity index (χ4n) is 0.471. The molecule has 1 heterocycles. The Kier molecular flexibility index (Phi) is 1.29. The van der Waals surface area contributed by atoms with Crippen LogP contribution in [0.5, 0.6) is 0 Å². The highest BCUT2D eigenvalue weighted by molar-refractivity contribution is 5.55. The quantitative estimate of drug-likeness (QED) is 0.410. The molecule has 0 fully saturated rings. The van der Waals surface area contributed by atoms with Crippen LogP contribution in [0, 0.1) is 6.08 Å². The smallest absolute Gasteiger partial charge is 0.291 e. The third-order valence-electron chi connectivity index (χ3n) is 0.956. The molecule has 0 aliphatic heterocycles. The fourth-order valence-corrected chi connectivity index (χ4v) is 0.471. The van der Waals surface area contributed by atoms with Gasteiger partial charge in [-0.3, -0.25) is 9.78 Å². The van der Waals surface area contributed by atoms with Crippen LogP contribution in [-0.4, -0.2) is 9.97 Å². The van der Waals surface area contributed by atoms with Crippen molar-refractivity contribution in [3.05, 3.63) is 16.4 Å². The normalized spacial score (nSPS) is 9.70. The third kappa shape index (κ3) is 0.903. The summed E-state index contributed by atoms with van der Waals surface area (Å²) in [6, 6.07) is 0. The Morgan fingerprint density at radius 3 is 2.60 bits per heavy atom. The van der Waals surface area contributed by atoms with Gasteiger partial charge in [-0.1, -0.05) is 0 Å². The minimum absolute atomic E-state index is 0.263. The van der Waals surface area contributed by atoms with Gasteiger partial charge in [-0.25, -0.2) is 0 Å². The number of aromatic nitrogens is 2. The van der Waals surface area contributed by atoms with E-state index in [9.17, 15) is 9.18 Å². The van der Waals surface area contributed by atoms with Crippen molar-refractivity contribution >= 4 is 11.5 Å². The Balaban J connectivity index is 3.46. The Morgan fingerprint density at radius 2 is 2.10 bits per heavy atom. The summed E-state index contributed by atoms with van der Waals surface area (Å²) in [6.07, 6.45) is -1.03. The molecule has 10 heavy (non-hydrogen) atoms. The summed E-state index contributed by atoms with van der Waals surface area (Å²) >= 11 is 0. The molecule has 0 bridgehead atoms. The molecule has 0 unspecified atom stereocenters. The van der Waals surface area contributed by atoms with Crippen molar-refractivity contribution in [1.82, 2.24) is 9.97 Å². The van der Waals surface area contributed by atoms with Crippen molar-refractivity contribution in [2.45, 2.75) is 0 Å². The molecule has 54 valence electrons. The first-order valence-corrected chi connectivity index (χ1v) is 2.42. The van der Waals surface area contributed by atoms with Crippen LogP contribution in [0.15, 0.2) is 4.79 Å². The summed E-state index contributed by atoms with van der Waals surface area (Å²) in [5.74, 6) is -0.291. The first-order chi connectivity index (χ1) is 4.61. The SMILES string of the molecule is Nc1nc(F)[nH]c(=O)c1N. The number of halogens is 1. The molecule has 1 aromatic heterocycles. The van der Waals surface area contributed by atoms with Gasteiger partial charge >= 0.3 is 0 Å². The first kappa shape index (κ1) is 6.53. The van der Waals surface area contributed by atoms with E-state index in [1.165, 1.54) is 0 Å². The highest BCUT2D eigenvalue weighted by atomic mass is 19.1. The van der Waals surface area contributed by atoms with E-state index in [2.05, 4.69) is 4.98 Å².